The van der Waals surface area contributed by atoms with Crippen molar-refractivity contribution in [2.24, 2.45) is 0 Å². The molecule has 8 heteroatoms. The number of nitrogens with zero attached hydrogens (tertiary/aromatic N) is 4. The van der Waals surface area contributed by atoms with Crippen LogP contribution in [-0.2, 0) is 6.54 Å². The highest BCUT2D eigenvalue weighted by molar-refractivity contribution is 7.13. The van der Waals surface area contributed by atoms with E-state index in [4.69, 9.17) is 0 Å². The van der Waals surface area contributed by atoms with Crippen LogP contribution in [0.5, 0.6) is 0 Å². The minimum absolute atomic E-state index is 0.0779. The Morgan fingerprint density at radius 1 is 1.33 bits per heavy atom. The second kappa shape index (κ2) is 6.35. The standard InChI is InChI=1S/C16H18FN5OS/c17-12-3-1-2-11(8-12)9-18-15(23)21-6-4-14-13(21)5-7-22(14)16-20-19-10-24-16/h1-3,8,10,13-14H,4-7,9H2,(H,18,23)/t13-,14+/m0/s1. The zero-order valence-corrected chi connectivity index (χ0v) is 13.9. The van der Waals surface area contributed by atoms with Crippen molar-refractivity contribution in [3.05, 3.63) is 41.2 Å². The number of benzene rings is 1. The first kappa shape index (κ1) is 15.3. The first-order chi connectivity index (χ1) is 11.7. The predicted molar refractivity (Wildman–Crippen MR) is 89.4 cm³/mol. The average Bonchev–Trinajstić information content (AvgIpc) is 3.29. The van der Waals surface area contributed by atoms with E-state index in [2.05, 4.69) is 20.4 Å². The van der Waals surface area contributed by atoms with Gasteiger partial charge in [-0.3, -0.25) is 0 Å². The summed E-state index contributed by atoms with van der Waals surface area (Å²) in [5.41, 5.74) is 2.50. The highest BCUT2D eigenvalue weighted by atomic mass is 32.1. The first-order valence-corrected chi connectivity index (χ1v) is 8.92. The molecule has 0 saturated carbocycles. The molecule has 0 bridgehead atoms. The van der Waals surface area contributed by atoms with Gasteiger partial charge in [-0.2, -0.15) is 0 Å². The van der Waals surface area contributed by atoms with Crippen LogP contribution < -0.4 is 10.2 Å². The number of halogens is 1. The summed E-state index contributed by atoms with van der Waals surface area (Å²) >= 11 is 1.54. The fourth-order valence-electron chi connectivity index (χ4n) is 3.69. The number of carbonyl (C=O) groups is 1. The predicted octanol–water partition coefficient (Wildman–Crippen LogP) is 2.24. The summed E-state index contributed by atoms with van der Waals surface area (Å²) in [4.78, 5) is 16.7. The lowest BCUT2D eigenvalue weighted by atomic mass is 10.1. The van der Waals surface area contributed by atoms with Crippen molar-refractivity contribution in [1.82, 2.24) is 20.4 Å². The number of aromatic nitrogens is 2. The highest BCUT2D eigenvalue weighted by Crippen LogP contribution is 2.35. The number of hydrogen-bond donors (Lipinski definition) is 1. The van der Waals surface area contributed by atoms with Crippen molar-refractivity contribution in [1.29, 1.82) is 0 Å². The van der Waals surface area contributed by atoms with Crippen molar-refractivity contribution >= 4 is 22.5 Å². The van der Waals surface area contributed by atoms with Crippen LogP contribution in [0, 0.1) is 5.82 Å². The fourth-order valence-corrected chi connectivity index (χ4v) is 4.34. The van der Waals surface area contributed by atoms with Gasteiger partial charge in [0.15, 0.2) is 0 Å². The maximum atomic E-state index is 13.2. The minimum atomic E-state index is -0.286. The Balaban J connectivity index is 1.38. The highest BCUT2D eigenvalue weighted by Gasteiger charge is 2.45. The lowest BCUT2D eigenvalue weighted by molar-refractivity contribution is 0.192. The van der Waals surface area contributed by atoms with Gasteiger partial charge in [-0.25, -0.2) is 9.18 Å². The fraction of sp³-hybridized carbons (Fsp3) is 0.438. The molecule has 3 heterocycles. The molecule has 2 aliphatic rings. The Hall–Kier alpha value is -2.22. The smallest absolute Gasteiger partial charge is 0.317 e. The molecule has 24 heavy (non-hydrogen) atoms. The lowest BCUT2D eigenvalue weighted by Gasteiger charge is -2.25. The van der Waals surface area contributed by atoms with Crippen LogP contribution in [0.3, 0.4) is 0 Å². The molecule has 1 aromatic carbocycles. The number of urea groups is 1. The van der Waals surface area contributed by atoms with Crippen LogP contribution in [0.1, 0.15) is 18.4 Å². The molecule has 2 amide bonds. The second-order valence-corrected chi connectivity index (χ2v) is 6.92. The van der Waals surface area contributed by atoms with Gasteiger partial charge < -0.3 is 15.1 Å². The van der Waals surface area contributed by atoms with Gasteiger partial charge in [-0.15, -0.1) is 10.2 Å². The summed E-state index contributed by atoms with van der Waals surface area (Å²) in [6.45, 7) is 1.97. The summed E-state index contributed by atoms with van der Waals surface area (Å²) in [7, 11) is 0. The van der Waals surface area contributed by atoms with E-state index in [0.29, 0.717) is 12.6 Å². The molecular weight excluding hydrogens is 329 g/mol. The zero-order valence-electron chi connectivity index (χ0n) is 13.1. The van der Waals surface area contributed by atoms with Crippen molar-refractivity contribution in [2.75, 3.05) is 18.0 Å². The lowest BCUT2D eigenvalue weighted by Crippen LogP contribution is -2.44. The van der Waals surface area contributed by atoms with Gasteiger partial charge in [0.05, 0.1) is 12.1 Å². The van der Waals surface area contributed by atoms with Crippen molar-refractivity contribution < 1.29 is 9.18 Å². The van der Waals surface area contributed by atoms with E-state index in [1.165, 1.54) is 23.5 Å². The molecule has 6 nitrogen and oxygen atoms in total. The minimum Gasteiger partial charge on any atom is -0.341 e. The molecule has 0 radical (unpaired) electrons. The first-order valence-electron chi connectivity index (χ1n) is 8.04. The number of fused-ring (bicyclic) bond motifs is 1. The van der Waals surface area contributed by atoms with Gasteiger partial charge in [-0.1, -0.05) is 23.5 Å². The van der Waals surface area contributed by atoms with Gasteiger partial charge in [0.1, 0.15) is 11.3 Å². The molecule has 1 N–H and O–H groups in total. The molecule has 2 fully saturated rings. The monoisotopic (exact) mass is 347 g/mol. The molecule has 0 aliphatic carbocycles. The van der Waals surface area contributed by atoms with E-state index in [-0.39, 0.29) is 17.9 Å². The molecule has 126 valence electrons. The van der Waals surface area contributed by atoms with Crippen molar-refractivity contribution in [3.8, 4) is 0 Å². The number of carbonyl (C=O) groups excluding carboxylic acids is 1. The van der Waals surface area contributed by atoms with Crippen LogP contribution in [0.15, 0.2) is 29.8 Å². The van der Waals surface area contributed by atoms with Crippen LogP contribution in [0.2, 0.25) is 0 Å². The summed E-state index contributed by atoms with van der Waals surface area (Å²) in [6.07, 6.45) is 1.88. The van der Waals surface area contributed by atoms with Gasteiger partial charge in [0.25, 0.3) is 0 Å². The largest absolute Gasteiger partial charge is 0.341 e. The Bertz CT molecular complexity index is 725. The van der Waals surface area contributed by atoms with Crippen molar-refractivity contribution in [2.45, 2.75) is 31.5 Å². The molecule has 1 aromatic heterocycles. The van der Waals surface area contributed by atoms with Gasteiger partial charge in [-0.05, 0) is 30.5 Å². The number of amides is 2. The Labute approximate surface area is 143 Å². The SMILES string of the molecule is O=C(NCc1cccc(F)c1)N1CC[C@@H]2[C@@H]1CCN2c1nncs1. The van der Waals surface area contributed by atoms with E-state index < -0.39 is 0 Å². The number of likely N-dealkylation sites (tertiary alicyclic amines) is 1. The number of hydrogen-bond acceptors (Lipinski definition) is 5. The average molecular weight is 347 g/mol. The van der Waals surface area contributed by atoms with E-state index >= 15 is 0 Å². The van der Waals surface area contributed by atoms with E-state index in [0.717, 1.165) is 36.6 Å². The van der Waals surface area contributed by atoms with Crippen LogP contribution >= 0.6 is 11.3 Å². The molecular formula is C16H18FN5OS. The number of anilines is 1. The van der Waals surface area contributed by atoms with E-state index in [9.17, 15) is 9.18 Å². The van der Waals surface area contributed by atoms with Crippen LogP contribution in [0.25, 0.3) is 0 Å². The zero-order chi connectivity index (χ0) is 16.5. The van der Waals surface area contributed by atoms with Gasteiger partial charge in [0.2, 0.25) is 5.13 Å². The Morgan fingerprint density at radius 2 is 2.21 bits per heavy atom. The topological polar surface area (TPSA) is 61.4 Å². The summed E-state index contributed by atoms with van der Waals surface area (Å²) in [6, 6.07) is 6.75. The van der Waals surface area contributed by atoms with E-state index in [1.807, 2.05) is 11.0 Å². The quantitative estimate of drug-likeness (QED) is 0.925. The molecule has 2 saturated heterocycles. The molecule has 2 aromatic rings. The summed E-state index contributed by atoms with van der Waals surface area (Å²) in [5, 5.41) is 11.9. The summed E-state index contributed by atoms with van der Waals surface area (Å²) < 4.78 is 13.2. The second-order valence-electron chi connectivity index (χ2n) is 6.11. The normalized spacial score (nSPS) is 22.7. The molecule has 2 aliphatic heterocycles. The molecule has 4 rings (SSSR count). The Kier molecular flexibility index (Phi) is 4.05. The molecule has 2 atom stereocenters. The third-order valence-corrected chi connectivity index (χ3v) is 5.49. The van der Waals surface area contributed by atoms with E-state index in [1.54, 1.807) is 11.6 Å². The molecule has 0 spiro atoms. The van der Waals surface area contributed by atoms with Gasteiger partial charge in [0, 0.05) is 19.6 Å². The maximum Gasteiger partial charge on any atom is 0.317 e. The number of rotatable bonds is 3. The third kappa shape index (κ3) is 2.82. The number of nitrogens with one attached hydrogen (secondary N) is 1. The van der Waals surface area contributed by atoms with Crippen LogP contribution in [-0.4, -0.2) is 46.3 Å². The van der Waals surface area contributed by atoms with Gasteiger partial charge >= 0.3 is 6.03 Å². The summed E-state index contributed by atoms with van der Waals surface area (Å²) in [5.74, 6) is -0.286. The van der Waals surface area contributed by atoms with Crippen LogP contribution in [0.4, 0.5) is 14.3 Å². The Morgan fingerprint density at radius 3 is 3.00 bits per heavy atom. The third-order valence-electron chi connectivity index (χ3n) is 4.76. The molecule has 0 unspecified atom stereocenters. The van der Waals surface area contributed by atoms with Crippen molar-refractivity contribution in [3.63, 3.8) is 0 Å². The maximum absolute atomic E-state index is 13.2.